The van der Waals surface area contributed by atoms with Crippen molar-refractivity contribution < 1.29 is 19.1 Å². The Bertz CT molecular complexity index is 571. The van der Waals surface area contributed by atoms with E-state index in [9.17, 15) is 14.4 Å². The number of nitrogens with two attached hydrogens (primary N) is 1. The smallest absolute Gasteiger partial charge is 0.305 e. The number of hydrogen-bond acceptors (Lipinski definition) is 5. The van der Waals surface area contributed by atoms with Crippen LogP contribution in [0.15, 0.2) is 18.2 Å². The quantitative estimate of drug-likeness (QED) is 0.542. The van der Waals surface area contributed by atoms with Gasteiger partial charge in [0, 0.05) is 12.1 Å². The van der Waals surface area contributed by atoms with Crippen molar-refractivity contribution in [1.29, 1.82) is 0 Å². The van der Waals surface area contributed by atoms with E-state index in [0.29, 0.717) is 5.69 Å². The second-order valence-corrected chi connectivity index (χ2v) is 4.40. The zero-order chi connectivity index (χ0) is 14.7. The molecule has 7 nitrogen and oxygen atoms in total. The SMILES string of the molecule is COC(=O)CC[C@@H]1NC(=O)c2c(N)cccc2NC1=O. The van der Waals surface area contributed by atoms with E-state index < -0.39 is 17.9 Å². The Hall–Kier alpha value is -2.57. The number of nitrogens with one attached hydrogen (secondary N) is 2. The molecule has 0 saturated heterocycles. The number of carbonyl (C=O) groups is 3. The summed E-state index contributed by atoms with van der Waals surface area (Å²) < 4.78 is 4.51. The van der Waals surface area contributed by atoms with Crippen molar-refractivity contribution in [2.45, 2.75) is 18.9 Å². The van der Waals surface area contributed by atoms with Gasteiger partial charge in [-0.2, -0.15) is 0 Å². The van der Waals surface area contributed by atoms with Gasteiger partial charge in [-0.3, -0.25) is 14.4 Å². The molecule has 4 N–H and O–H groups in total. The number of rotatable bonds is 3. The van der Waals surface area contributed by atoms with Crippen LogP contribution in [0.1, 0.15) is 23.2 Å². The van der Waals surface area contributed by atoms with Gasteiger partial charge in [0.25, 0.3) is 5.91 Å². The van der Waals surface area contributed by atoms with Crippen molar-refractivity contribution in [3.8, 4) is 0 Å². The fraction of sp³-hybridized carbons (Fsp3) is 0.308. The Morgan fingerprint density at radius 3 is 2.85 bits per heavy atom. The molecule has 2 amide bonds. The number of benzene rings is 1. The Labute approximate surface area is 115 Å². The molecule has 1 aromatic rings. The van der Waals surface area contributed by atoms with Gasteiger partial charge in [-0.15, -0.1) is 0 Å². The van der Waals surface area contributed by atoms with Crippen LogP contribution in [0, 0.1) is 0 Å². The van der Waals surface area contributed by atoms with E-state index in [-0.39, 0.29) is 30.0 Å². The predicted octanol–water partition coefficient (Wildman–Crippen LogP) is 0.272. The summed E-state index contributed by atoms with van der Waals surface area (Å²) in [5.74, 6) is -1.26. The number of esters is 1. The fourth-order valence-corrected chi connectivity index (χ4v) is 2.01. The first-order chi connectivity index (χ1) is 9.52. The molecule has 1 atom stereocenters. The standard InChI is InChI=1S/C13H15N3O4/c1-20-10(17)6-5-9-12(18)15-8-4-2-3-7(14)11(8)13(19)16-9/h2-4,9H,5-6,14H2,1H3,(H,15,18)(H,16,19)/t9-/m0/s1. The Balaban J connectivity index is 2.19. The van der Waals surface area contributed by atoms with Crippen LogP contribution in [-0.4, -0.2) is 30.9 Å². The van der Waals surface area contributed by atoms with Gasteiger partial charge >= 0.3 is 5.97 Å². The van der Waals surface area contributed by atoms with Crippen molar-refractivity contribution in [2.24, 2.45) is 0 Å². The van der Waals surface area contributed by atoms with E-state index in [1.54, 1.807) is 18.2 Å². The molecule has 7 heteroatoms. The second kappa shape index (κ2) is 5.60. The number of hydrogen-bond donors (Lipinski definition) is 3. The third-order valence-electron chi connectivity index (χ3n) is 3.07. The van der Waals surface area contributed by atoms with E-state index in [4.69, 9.17) is 5.73 Å². The van der Waals surface area contributed by atoms with E-state index >= 15 is 0 Å². The predicted molar refractivity (Wildman–Crippen MR) is 72.0 cm³/mol. The van der Waals surface area contributed by atoms with Crippen molar-refractivity contribution in [3.05, 3.63) is 23.8 Å². The minimum Gasteiger partial charge on any atom is -0.469 e. The van der Waals surface area contributed by atoms with Crippen LogP contribution in [0.2, 0.25) is 0 Å². The summed E-state index contributed by atoms with van der Waals surface area (Å²) in [6.07, 6.45) is 0.207. The third-order valence-corrected chi connectivity index (χ3v) is 3.07. The first kappa shape index (κ1) is 13.9. The molecule has 1 heterocycles. The lowest BCUT2D eigenvalue weighted by Crippen LogP contribution is -2.41. The molecule has 20 heavy (non-hydrogen) atoms. The van der Waals surface area contributed by atoms with Gasteiger partial charge in [0.1, 0.15) is 6.04 Å². The average molecular weight is 277 g/mol. The van der Waals surface area contributed by atoms with Gasteiger partial charge < -0.3 is 21.1 Å². The lowest BCUT2D eigenvalue weighted by Gasteiger charge is -2.13. The molecule has 0 saturated carbocycles. The van der Waals surface area contributed by atoms with Crippen LogP contribution in [0.25, 0.3) is 0 Å². The van der Waals surface area contributed by atoms with Gasteiger partial charge in [0.15, 0.2) is 0 Å². The van der Waals surface area contributed by atoms with E-state index in [2.05, 4.69) is 15.4 Å². The maximum absolute atomic E-state index is 12.1. The van der Waals surface area contributed by atoms with Crippen LogP contribution in [0.3, 0.4) is 0 Å². The number of nitrogen functional groups attached to an aromatic ring is 1. The molecular formula is C13H15N3O4. The number of fused-ring (bicyclic) bond motifs is 1. The summed E-state index contributed by atoms with van der Waals surface area (Å²) in [5.41, 5.74) is 6.64. The normalized spacial score (nSPS) is 17.6. The monoisotopic (exact) mass is 277 g/mol. The first-order valence-electron chi connectivity index (χ1n) is 6.10. The molecule has 0 spiro atoms. The molecule has 1 aromatic carbocycles. The minimum absolute atomic E-state index is 0.0424. The van der Waals surface area contributed by atoms with Crippen molar-refractivity contribution in [1.82, 2.24) is 5.32 Å². The lowest BCUT2D eigenvalue weighted by molar-refractivity contribution is -0.140. The number of amides is 2. The highest BCUT2D eigenvalue weighted by Gasteiger charge is 2.29. The summed E-state index contributed by atoms with van der Waals surface area (Å²) in [4.78, 5) is 35.2. The van der Waals surface area contributed by atoms with Gasteiger partial charge in [-0.25, -0.2) is 0 Å². The molecular weight excluding hydrogens is 262 g/mol. The fourth-order valence-electron chi connectivity index (χ4n) is 2.01. The summed E-state index contributed by atoms with van der Waals surface area (Å²) in [6.45, 7) is 0. The summed E-state index contributed by atoms with van der Waals surface area (Å²) in [7, 11) is 1.27. The molecule has 1 aliphatic heterocycles. The molecule has 0 bridgehead atoms. The lowest BCUT2D eigenvalue weighted by atomic mass is 10.1. The molecule has 0 aromatic heterocycles. The van der Waals surface area contributed by atoms with Crippen molar-refractivity contribution in [3.63, 3.8) is 0 Å². The molecule has 1 aliphatic rings. The number of methoxy groups -OCH3 is 1. The maximum atomic E-state index is 12.1. The van der Waals surface area contributed by atoms with Crippen molar-refractivity contribution in [2.75, 3.05) is 18.2 Å². The Morgan fingerprint density at radius 2 is 2.15 bits per heavy atom. The van der Waals surface area contributed by atoms with Crippen LogP contribution in [0.4, 0.5) is 11.4 Å². The molecule has 106 valence electrons. The second-order valence-electron chi connectivity index (χ2n) is 4.40. The number of ether oxygens (including phenoxy) is 1. The Morgan fingerprint density at radius 1 is 1.40 bits per heavy atom. The Kier molecular flexibility index (Phi) is 3.88. The molecule has 0 fully saturated rings. The highest BCUT2D eigenvalue weighted by atomic mass is 16.5. The molecule has 0 aliphatic carbocycles. The topological polar surface area (TPSA) is 111 Å². The zero-order valence-corrected chi connectivity index (χ0v) is 10.9. The van der Waals surface area contributed by atoms with Crippen molar-refractivity contribution >= 4 is 29.2 Å². The van der Waals surface area contributed by atoms with Gasteiger partial charge in [-0.1, -0.05) is 6.07 Å². The summed E-state index contributed by atoms with van der Waals surface area (Å²) in [5, 5.41) is 5.20. The van der Waals surface area contributed by atoms with E-state index in [1.165, 1.54) is 7.11 Å². The maximum Gasteiger partial charge on any atom is 0.305 e. The average Bonchev–Trinajstić information content (AvgIpc) is 2.54. The molecule has 0 radical (unpaired) electrons. The number of anilines is 2. The highest BCUT2D eigenvalue weighted by Crippen LogP contribution is 2.24. The van der Waals surface area contributed by atoms with Crippen LogP contribution in [-0.2, 0) is 14.3 Å². The number of carbonyl (C=O) groups excluding carboxylic acids is 3. The van der Waals surface area contributed by atoms with Gasteiger partial charge in [-0.05, 0) is 18.6 Å². The minimum atomic E-state index is -0.798. The van der Waals surface area contributed by atoms with Crippen LogP contribution >= 0.6 is 0 Å². The highest BCUT2D eigenvalue weighted by molar-refractivity contribution is 6.12. The van der Waals surface area contributed by atoms with Crippen LogP contribution in [0.5, 0.6) is 0 Å². The van der Waals surface area contributed by atoms with Gasteiger partial charge in [0.2, 0.25) is 5.91 Å². The molecule has 0 unspecified atom stereocenters. The summed E-state index contributed by atoms with van der Waals surface area (Å²) in [6, 6.07) is 4.04. The van der Waals surface area contributed by atoms with Gasteiger partial charge in [0.05, 0.1) is 18.4 Å². The molecule has 2 rings (SSSR count). The van der Waals surface area contributed by atoms with E-state index in [1.807, 2.05) is 0 Å². The first-order valence-corrected chi connectivity index (χ1v) is 6.10. The zero-order valence-electron chi connectivity index (χ0n) is 10.9. The van der Waals surface area contributed by atoms with Crippen LogP contribution < -0.4 is 16.4 Å². The van der Waals surface area contributed by atoms with E-state index in [0.717, 1.165) is 0 Å². The largest absolute Gasteiger partial charge is 0.469 e. The third kappa shape index (κ3) is 2.71. The summed E-state index contributed by atoms with van der Waals surface area (Å²) >= 11 is 0.